The zero-order valence-corrected chi connectivity index (χ0v) is 11.9. The second-order valence-electron chi connectivity index (χ2n) is 5.42. The Hall–Kier alpha value is -2.35. The summed E-state index contributed by atoms with van der Waals surface area (Å²) in [7, 11) is 0. The summed E-state index contributed by atoms with van der Waals surface area (Å²) in [4.78, 5) is 4.39. The monoisotopic (exact) mass is 262 g/mol. The number of hydrogen-bond donors (Lipinski definition) is 1. The van der Waals surface area contributed by atoms with Gasteiger partial charge in [0.2, 0.25) is 0 Å². The first-order valence-electron chi connectivity index (χ1n) is 6.81. The summed E-state index contributed by atoms with van der Waals surface area (Å²) in [5, 5.41) is 5.52. The second-order valence-corrected chi connectivity index (χ2v) is 5.42. The van der Waals surface area contributed by atoms with Crippen LogP contribution < -0.4 is 5.32 Å². The second kappa shape index (κ2) is 4.97. The van der Waals surface area contributed by atoms with Gasteiger partial charge in [-0.1, -0.05) is 36.4 Å². The molecule has 100 valence electrons. The van der Waals surface area contributed by atoms with Gasteiger partial charge in [-0.25, -0.2) is 4.98 Å². The molecule has 0 aliphatic heterocycles. The number of allylic oxidation sites excluding steroid dienone is 5. The van der Waals surface area contributed by atoms with Crippen molar-refractivity contribution in [1.29, 1.82) is 0 Å². The number of nitrogens with one attached hydrogen (secondary N) is 1. The van der Waals surface area contributed by atoms with Crippen LogP contribution in [0.5, 0.6) is 0 Å². The molecule has 1 aromatic heterocycles. The van der Waals surface area contributed by atoms with Gasteiger partial charge in [-0.2, -0.15) is 0 Å². The number of fused-ring (bicyclic) bond motifs is 1. The lowest BCUT2D eigenvalue weighted by Crippen LogP contribution is -1.96. The topological polar surface area (TPSA) is 24.9 Å². The van der Waals surface area contributed by atoms with Crippen LogP contribution >= 0.6 is 0 Å². The third kappa shape index (κ3) is 2.50. The fourth-order valence-corrected chi connectivity index (χ4v) is 2.49. The Morgan fingerprint density at radius 2 is 2.05 bits per heavy atom. The van der Waals surface area contributed by atoms with E-state index in [1.54, 1.807) is 0 Å². The fraction of sp³-hybridized carbons (Fsp3) is 0.167. The Morgan fingerprint density at radius 3 is 2.75 bits per heavy atom. The largest absolute Gasteiger partial charge is 0.345 e. The van der Waals surface area contributed by atoms with Crippen LogP contribution in [0.1, 0.15) is 25.8 Å². The lowest BCUT2D eigenvalue weighted by Gasteiger charge is -2.08. The van der Waals surface area contributed by atoms with Crippen molar-refractivity contribution in [1.82, 2.24) is 4.98 Å². The highest BCUT2D eigenvalue weighted by molar-refractivity contribution is 5.88. The Kier molecular flexibility index (Phi) is 3.15. The molecule has 0 saturated heterocycles. The van der Waals surface area contributed by atoms with Gasteiger partial charge in [-0.05, 0) is 48.9 Å². The van der Waals surface area contributed by atoms with E-state index in [4.69, 9.17) is 0 Å². The third-order valence-corrected chi connectivity index (χ3v) is 3.47. The molecular formula is C18H18N2. The molecule has 2 heteroatoms. The normalized spacial score (nSPS) is 14.1. The maximum atomic E-state index is 4.39. The van der Waals surface area contributed by atoms with Crippen molar-refractivity contribution >= 4 is 22.2 Å². The molecule has 1 N–H and O–H groups in total. The van der Waals surface area contributed by atoms with Gasteiger partial charge in [0.15, 0.2) is 0 Å². The highest BCUT2D eigenvalue weighted by Crippen LogP contribution is 2.30. The zero-order valence-electron chi connectivity index (χ0n) is 11.9. The molecule has 0 fully saturated rings. The maximum absolute atomic E-state index is 4.39. The van der Waals surface area contributed by atoms with Gasteiger partial charge in [0, 0.05) is 17.3 Å². The minimum absolute atomic E-state index is 0.844. The number of hydrogen-bond acceptors (Lipinski definition) is 2. The van der Waals surface area contributed by atoms with E-state index in [0.29, 0.717) is 0 Å². The van der Waals surface area contributed by atoms with Crippen molar-refractivity contribution in [3.8, 4) is 0 Å². The third-order valence-electron chi connectivity index (χ3n) is 3.47. The first-order chi connectivity index (χ1) is 9.61. The van der Waals surface area contributed by atoms with Crippen LogP contribution in [-0.2, 0) is 0 Å². The molecule has 0 atom stereocenters. The minimum atomic E-state index is 0.844. The number of aromatic nitrogens is 1. The van der Waals surface area contributed by atoms with Crippen LogP contribution in [0.25, 0.3) is 16.3 Å². The number of nitrogens with zero attached hydrogens (tertiary/aromatic N) is 1. The number of rotatable bonds is 3. The zero-order chi connectivity index (χ0) is 14.1. The molecule has 20 heavy (non-hydrogen) atoms. The molecular weight excluding hydrogens is 244 g/mol. The highest BCUT2D eigenvalue weighted by Gasteiger charge is 2.08. The van der Waals surface area contributed by atoms with Gasteiger partial charge in [-0.15, -0.1) is 0 Å². The van der Waals surface area contributed by atoms with Crippen molar-refractivity contribution < 1.29 is 0 Å². The molecule has 0 unspecified atom stereocenters. The lowest BCUT2D eigenvalue weighted by molar-refractivity contribution is 1.26. The molecule has 2 nitrogen and oxygen atoms in total. The van der Waals surface area contributed by atoms with E-state index in [1.165, 1.54) is 22.1 Å². The molecule has 1 aromatic carbocycles. The van der Waals surface area contributed by atoms with Crippen LogP contribution in [-0.4, -0.2) is 4.98 Å². The molecule has 0 radical (unpaired) electrons. The van der Waals surface area contributed by atoms with Crippen LogP contribution in [0.15, 0.2) is 60.5 Å². The van der Waals surface area contributed by atoms with Gasteiger partial charge in [-0.3, -0.25) is 0 Å². The van der Waals surface area contributed by atoms with Crippen molar-refractivity contribution in [3.05, 3.63) is 66.0 Å². The first-order valence-corrected chi connectivity index (χ1v) is 6.81. The Bertz CT molecular complexity index is 751. The Labute approximate surface area is 119 Å². The Morgan fingerprint density at radius 1 is 1.20 bits per heavy atom. The van der Waals surface area contributed by atoms with Gasteiger partial charge < -0.3 is 5.32 Å². The van der Waals surface area contributed by atoms with Crippen molar-refractivity contribution in [2.75, 3.05) is 5.32 Å². The number of anilines is 1. The quantitative estimate of drug-likeness (QED) is 0.849. The van der Waals surface area contributed by atoms with Crippen LogP contribution in [0.2, 0.25) is 0 Å². The summed E-state index contributed by atoms with van der Waals surface area (Å²) in [6.45, 7) is 7.95. The summed E-state index contributed by atoms with van der Waals surface area (Å²) in [5.74, 6) is 0.844. The van der Waals surface area contributed by atoms with Crippen LogP contribution in [0.4, 0.5) is 5.82 Å². The highest BCUT2D eigenvalue weighted by atomic mass is 15.0. The van der Waals surface area contributed by atoms with E-state index in [-0.39, 0.29) is 0 Å². The summed E-state index contributed by atoms with van der Waals surface area (Å²) in [5.41, 5.74) is 4.99. The van der Waals surface area contributed by atoms with E-state index in [1.807, 2.05) is 13.1 Å². The molecule has 0 saturated carbocycles. The average molecular weight is 262 g/mol. The van der Waals surface area contributed by atoms with Crippen molar-refractivity contribution in [2.45, 2.75) is 20.3 Å². The fourth-order valence-electron chi connectivity index (χ4n) is 2.49. The predicted molar refractivity (Wildman–Crippen MR) is 86.5 cm³/mol. The molecule has 0 bridgehead atoms. The van der Waals surface area contributed by atoms with E-state index in [2.05, 4.69) is 60.2 Å². The summed E-state index contributed by atoms with van der Waals surface area (Å²) < 4.78 is 0. The molecule has 1 aliphatic rings. The predicted octanol–water partition coefficient (Wildman–Crippen LogP) is 4.91. The SMILES string of the molecule is C=C(C)Nc1cc2cc(C3=CC=C(C)C3)ccc2cn1. The van der Waals surface area contributed by atoms with E-state index in [0.717, 1.165) is 23.3 Å². The standard InChI is InChI=1S/C18H18N2/c1-12(2)20-18-10-17-9-15(6-7-16(17)11-19-18)14-5-4-13(3)8-14/h4-7,9-11H,1,8H2,2-3H3,(H,19,20). The van der Waals surface area contributed by atoms with E-state index >= 15 is 0 Å². The van der Waals surface area contributed by atoms with E-state index in [9.17, 15) is 0 Å². The Balaban J connectivity index is 1.99. The molecule has 1 aliphatic carbocycles. The van der Waals surface area contributed by atoms with Crippen molar-refractivity contribution in [3.63, 3.8) is 0 Å². The number of pyridine rings is 1. The van der Waals surface area contributed by atoms with Gasteiger partial charge >= 0.3 is 0 Å². The molecule has 2 aromatic rings. The number of benzene rings is 1. The minimum Gasteiger partial charge on any atom is -0.345 e. The van der Waals surface area contributed by atoms with Crippen LogP contribution in [0, 0.1) is 0 Å². The average Bonchev–Trinajstić information content (AvgIpc) is 2.84. The lowest BCUT2D eigenvalue weighted by atomic mass is 10.0. The molecule has 0 spiro atoms. The van der Waals surface area contributed by atoms with Crippen LogP contribution in [0.3, 0.4) is 0 Å². The van der Waals surface area contributed by atoms with Gasteiger partial charge in [0.05, 0.1) is 0 Å². The summed E-state index contributed by atoms with van der Waals surface area (Å²) in [6.07, 6.45) is 7.36. The maximum Gasteiger partial charge on any atom is 0.130 e. The first kappa shape index (κ1) is 12.7. The van der Waals surface area contributed by atoms with E-state index < -0.39 is 0 Å². The van der Waals surface area contributed by atoms with Gasteiger partial charge in [0.1, 0.15) is 5.82 Å². The molecule has 3 rings (SSSR count). The van der Waals surface area contributed by atoms with Crippen molar-refractivity contribution in [2.24, 2.45) is 0 Å². The smallest absolute Gasteiger partial charge is 0.130 e. The van der Waals surface area contributed by atoms with Gasteiger partial charge in [0.25, 0.3) is 0 Å². The molecule has 1 heterocycles. The summed E-state index contributed by atoms with van der Waals surface area (Å²) in [6, 6.07) is 8.62. The summed E-state index contributed by atoms with van der Waals surface area (Å²) >= 11 is 0. The molecule has 0 amide bonds.